The molecule has 0 fully saturated rings. The van der Waals surface area contributed by atoms with E-state index < -0.39 is 0 Å². The largest absolute Gasteiger partial charge is 0.435 e. The number of benzene rings is 2. The number of fused-ring (bicyclic) bond motifs is 1. The van der Waals surface area contributed by atoms with Gasteiger partial charge in [-0.1, -0.05) is 0 Å². The summed E-state index contributed by atoms with van der Waals surface area (Å²) in [5, 5.41) is 3.32. The highest BCUT2D eigenvalue weighted by Gasteiger charge is 2.15. The molecule has 136 valence electrons. The molecule has 0 unspecified atom stereocenters. The summed E-state index contributed by atoms with van der Waals surface area (Å²) in [5.74, 6) is 0.493. The average Bonchev–Trinajstić information content (AvgIpc) is 3.02. The molecule has 5 nitrogen and oxygen atoms in total. The molecule has 1 aromatic heterocycles. The molecule has 0 aliphatic rings. The van der Waals surface area contributed by atoms with Gasteiger partial charge in [-0.05, 0) is 69.7 Å². The molecule has 3 rings (SSSR count). The standard InChI is InChI=1S/C21H24N2O3/c1-13(2)25-10-9-22-17-7-5-16(6-8-17)21-23-19-12-14(3)11-18(15(4)24)20(19)26-21/h5-8,11-13,22H,9-10H2,1-4H3. The molecule has 3 aromatic rings. The van der Waals surface area contributed by atoms with E-state index in [9.17, 15) is 4.79 Å². The molecule has 2 aromatic carbocycles. The topological polar surface area (TPSA) is 64.4 Å². The highest BCUT2D eigenvalue weighted by Crippen LogP contribution is 2.28. The predicted molar refractivity (Wildman–Crippen MR) is 104 cm³/mol. The molecule has 0 aliphatic heterocycles. The zero-order valence-corrected chi connectivity index (χ0v) is 15.6. The van der Waals surface area contributed by atoms with Gasteiger partial charge in [-0.25, -0.2) is 4.98 Å². The Morgan fingerprint density at radius 1 is 1.23 bits per heavy atom. The summed E-state index contributed by atoms with van der Waals surface area (Å²) in [6, 6.07) is 11.6. The second kappa shape index (κ2) is 7.70. The highest BCUT2D eigenvalue weighted by molar-refractivity contribution is 6.04. The molecule has 26 heavy (non-hydrogen) atoms. The van der Waals surface area contributed by atoms with Crippen LogP contribution in [0.1, 0.15) is 36.7 Å². The number of Topliss-reactive ketones (excluding diaryl/α,β-unsaturated/α-hetero) is 1. The van der Waals surface area contributed by atoms with Crippen molar-refractivity contribution in [3.8, 4) is 11.5 Å². The molecule has 0 saturated heterocycles. The van der Waals surface area contributed by atoms with Crippen LogP contribution in [0.3, 0.4) is 0 Å². The summed E-state index contributed by atoms with van der Waals surface area (Å²) < 4.78 is 11.4. The first-order valence-corrected chi connectivity index (χ1v) is 8.82. The maximum absolute atomic E-state index is 11.9. The van der Waals surface area contributed by atoms with Crippen LogP contribution in [0, 0.1) is 6.92 Å². The fourth-order valence-electron chi connectivity index (χ4n) is 2.78. The van der Waals surface area contributed by atoms with Gasteiger partial charge in [0.25, 0.3) is 0 Å². The van der Waals surface area contributed by atoms with Crippen molar-refractivity contribution in [3.63, 3.8) is 0 Å². The van der Waals surface area contributed by atoms with Crippen LogP contribution in [-0.4, -0.2) is 30.0 Å². The van der Waals surface area contributed by atoms with Crippen molar-refractivity contribution in [1.82, 2.24) is 4.98 Å². The quantitative estimate of drug-likeness (QED) is 0.487. The number of nitrogens with zero attached hydrogens (tertiary/aromatic N) is 1. The molecule has 0 spiro atoms. The van der Waals surface area contributed by atoms with Gasteiger partial charge in [0.2, 0.25) is 5.89 Å². The number of ether oxygens (including phenoxy) is 1. The normalized spacial score (nSPS) is 11.3. The Morgan fingerprint density at radius 3 is 2.62 bits per heavy atom. The van der Waals surface area contributed by atoms with Crippen LogP contribution in [0.4, 0.5) is 5.69 Å². The number of nitrogens with one attached hydrogen (secondary N) is 1. The fraction of sp³-hybridized carbons (Fsp3) is 0.333. The van der Waals surface area contributed by atoms with Crippen LogP contribution in [0.25, 0.3) is 22.6 Å². The van der Waals surface area contributed by atoms with Gasteiger partial charge in [-0.2, -0.15) is 0 Å². The Morgan fingerprint density at radius 2 is 1.96 bits per heavy atom. The molecule has 0 radical (unpaired) electrons. The molecule has 0 bridgehead atoms. The Hall–Kier alpha value is -2.66. The van der Waals surface area contributed by atoms with E-state index in [1.165, 1.54) is 0 Å². The van der Waals surface area contributed by atoms with Crippen molar-refractivity contribution in [1.29, 1.82) is 0 Å². The van der Waals surface area contributed by atoms with Gasteiger partial charge in [0.05, 0.1) is 18.3 Å². The Bertz CT molecular complexity index is 911. The minimum Gasteiger partial charge on any atom is -0.435 e. The summed E-state index contributed by atoms with van der Waals surface area (Å²) >= 11 is 0. The molecule has 0 saturated carbocycles. The van der Waals surface area contributed by atoms with Crippen molar-refractivity contribution in [2.24, 2.45) is 0 Å². The van der Waals surface area contributed by atoms with Gasteiger partial charge in [0, 0.05) is 17.8 Å². The van der Waals surface area contributed by atoms with E-state index in [0.717, 1.165) is 23.4 Å². The number of aromatic nitrogens is 1. The van der Waals surface area contributed by atoms with Crippen LogP contribution in [-0.2, 0) is 4.74 Å². The third-order valence-electron chi connectivity index (χ3n) is 4.03. The Kier molecular flexibility index (Phi) is 5.38. The molecular weight excluding hydrogens is 328 g/mol. The summed E-state index contributed by atoms with van der Waals surface area (Å²) in [6.45, 7) is 8.95. The molecular formula is C21H24N2O3. The molecule has 0 atom stereocenters. The van der Waals surface area contributed by atoms with E-state index in [4.69, 9.17) is 9.15 Å². The summed E-state index contributed by atoms with van der Waals surface area (Å²) in [7, 11) is 0. The molecule has 0 aliphatic carbocycles. The first kappa shape index (κ1) is 18.1. The van der Waals surface area contributed by atoms with Gasteiger partial charge < -0.3 is 14.5 Å². The van der Waals surface area contributed by atoms with Crippen molar-refractivity contribution in [3.05, 3.63) is 47.5 Å². The van der Waals surface area contributed by atoms with Crippen molar-refractivity contribution < 1.29 is 13.9 Å². The van der Waals surface area contributed by atoms with Crippen LogP contribution in [0.2, 0.25) is 0 Å². The number of aryl methyl sites for hydroxylation is 1. The lowest BCUT2D eigenvalue weighted by molar-refractivity contribution is 0.0870. The van der Waals surface area contributed by atoms with E-state index in [2.05, 4.69) is 10.3 Å². The van der Waals surface area contributed by atoms with E-state index in [-0.39, 0.29) is 11.9 Å². The molecule has 0 amide bonds. The van der Waals surface area contributed by atoms with E-state index in [0.29, 0.717) is 29.2 Å². The molecule has 5 heteroatoms. The number of rotatable bonds is 7. The molecule has 1 heterocycles. The number of anilines is 1. The van der Waals surface area contributed by atoms with E-state index >= 15 is 0 Å². The zero-order chi connectivity index (χ0) is 18.7. The van der Waals surface area contributed by atoms with Crippen molar-refractivity contribution in [2.75, 3.05) is 18.5 Å². The number of carbonyl (C=O) groups is 1. The van der Waals surface area contributed by atoms with Gasteiger partial charge in [0.1, 0.15) is 5.52 Å². The first-order chi connectivity index (χ1) is 12.4. The third-order valence-corrected chi connectivity index (χ3v) is 4.03. The summed E-state index contributed by atoms with van der Waals surface area (Å²) in [5.41, 5.74) is 4.70. The number of ketones is 1. The minimum absolute atomic E-state index is 0.0236. The monoisotopic (exact) mass is 352 g/mol. The number of oxazole rings is 1. The van der Waals surface area contributed by atoms with Crippen molar-refractivity contribution in [2.45, 2.75) is 33.8 Å². The number of hydrogen-bond acceptors (Lipinski definition) is 5. The first-order valence-electron chi connectivity index (χ1n) is 8.82. The Labute approximate surface area is 153 Å². The zero-order valence-electron chi connectivity index (χ0n) is 15.6. The van der Waals surface area contributed by atoms with Crippen LogP contribution >= 0.6 is 0 Å². The van der Waals surface area contributed by atoms with Gasteiger partial charge in [0.15, 0.2) is 11.4 Å². The fourth-order valence-corrected chi connectivity index (χ4v) is 2.78. The minimum atomic E-state index is -0.0236. The SMILES string of the molecule is CC(=O)c1cc(C)cc2nc(-c3ccc(NCCOC(C)C)cc3)oc12. The van der Waals surface area contributed by atoms with Crippen LogP contribution in [0.15, 0.2) is 40.8 Å². The summed E-state index contributed by atoms with van der Waals surface area (Å²) in [6.07, 6.45) is 0.238. The molecule has 1 N–H and O–H groups in total. The maximum Gasteiger partial charge on any atom is 0.227 e. The lowest BCUT2D eigenvalue weighted by atomic mass is 10.1. The highest BCUT2D eigenvalue weighted by atomic mass is 16.5. The van der Waals surface area contributed by atoms with Crippen molar-refractivity contribution >= 4 is 22.6 Å². The lowest BCUT2D eigenvalue weighted by Gasteiger charge is -2.09. The second-order valence-electron chi connectivity index (χ2n) is 6.66. The Balaban J connectivity index is 1.79. The van der Waals surface area contributed by atoms with E-state index in [1.54, 1.807) is 6.92 Å². The maximum atomic E-state index is 11.9. The van der Waals surface area contributed by atoms with Crippen LogP contribution in [0.5, 0.6) is 0 Å². The van der Waals surface area contributed by atoms with E-state index in [1.807, 2.05) is 57.2 Å². The summed E-state index contributed by atoms with van der Waals surface area (Å²) in [4.78, 5) is 16.4. The van der Waals surface area contributed by atoms with Gasteiger partial charge >= 0.3 is 0 Å². The smallest absolute Gasteiger partial charge is 0.227 e. The second-order valence-corrected chi connectivity index (χ2v) is 6.66. The average molecular weight is 352 g/mol. The van der Waals surface area contributed by atoms with Gasteiger partial charge in [-0.3, -0.25) is 4.79 Å². The predicted octanol–water partition coefficient (Wildman–Crippen LogP) is 4.84. The third kappa shape index (κ3) is 4.11. The van der Waals surface area contributed by atoms with Crippen LogP contribution < -0.4 is 5.32 Å². The van der Waals surface area contributed by atoms with Gasteiger partial charge in [-0.15, -0.1) is 0 Å². The number of carbonyl (C=O) groups excluding carboxylic acids is 1. The lowest BCUT2D eigenvalue weighted by Crippen LogP contribution is -2.13. The number of hydrogen-bond donors (Lipinski definition) is 1.